The first-order chi connectivity index (χ1) is 14.4. The summed E-state index contributed by atoms with van der Waals surface area (Å²) in [4.78, 5) is 23.2. The van der Waals surface area contributed by atoms with Crippen LogP contribution in [-0.2, 0) is 14.0 Å². The lowest BCUT2D eigenvalue weighted by atomic mass is 10.2. The lowest BCUT2D eigenvalue weighted by Crippen LogP contribution is -2.14. The molecule has 3 aromatic carbocycles. The van der Waals surface area contributed by atoms with Crippen LogP contribution >= 0.6 is 7.60 Å². The van der Waals surface area contributed by atoms with E-state index in [4.69, 9.17) is 9.05 Å². The summed E-state index contributed by atoms with van der Waals surface area (Å²) in [6.07, 6.45) is 0. The number of methoxy groups -OCH3 is 2. The van der Waals surface area contributed by atoms with Crippen molar-refractivity contribution in [3.8, 4) is 11.5 Å². The molecule has 0 fully saturated rings. The third kappa shape index (κ3) is 4.88. The maximum Gasteiger partial charge on any atom is 0.462 e. The molecule has 3 aromatic rings. The van der Waals surface area contributed by atoms with E-state index in [2.05, 4.69) is 9.47 Å². The molecule has 0 spiro atoms. The molecule has 7 nitrogen and oxygen atoms in total. The molecule has 0 amide bonds. The standard InChI is InChI=1S/C22H19O7P/c1-26-21(23)16-8-12-18(13-9-16)28-30(25,20-6-4-3-5-7-20)29-19-14-10-17(11-15-19)22(24)27-2/h3-15H,1-2H3. The number of carbonyl (C=O) groups excluding carboxylic acids is 2. The Balaban J connectivity index is 1.89. The molecule has 154 valence electrons. The summed E-state index contributed by atoms with van der Waals surface area (Å²) in [5.41, 5.74) is 0.664. The van der Waals surface area contributed by atoms with Crippen molar-refractivity contribution in [2.75, 3.05) is 14.2 Å². The van der Waals surface area contributed by atoms with Crippen LogP contribution in [0.25, 0.3) is 0 Å². The number of carbonyl (C=O) groups is 2. The highest BCUT2D eigenvalue weighted by Crippen LogP contribution is 2.47. The first-order valence-corrected chi connectivity index (χ1v) is 10.4. The summed E-state index contributed by atoms with van der Waals surface area (Å²) in [6.45, 7) is 0. The fraction of sp³-hybridized carbons (Fsp3) is 0.0909. The van der Waals surface area contributed by atoms with Gasteiger partial charge in [-0.1, -0.05) is 18.2 Å². The zero-order valence-corrected chi connectivity index (χ0v) is 17.2. The number of hydrogen-bond acceptors (Lipinski definition) is 7. The largest absolute Gasteiger partial charge is 0.465 e. The van der Waals surface area contributed by atoms with Crippen LogP contribution < -0.4 is 14.4 Å². The van der Waals surface area contributed by atoms with E-state index >= 15 is 0 Å². The monoisotopic (exact) mass is 426 g/mol. The zero-order valence-electron chi connectivity index (χ0n) is 16.3. The second-order valence-electron chi connectivity index (χ2n) is 6.05. The average Bonchev–Trinajstić information content (AvgIpc) is 2.79. The Morgan fingerprint density at radius 3 is 1.40 bits per heavy atom. The van der Waals surface area contributed by atoms with Crippen molar-refractivity contribution in [2.24, 2.45) is 0 Å². The summed E-state index contributed by atoms with van der Waals surface area (Å²) >= 11 is 0. The molecular weight excluding hydrogens is 407 g/mol. The maximum atomic E-state index is 13.7. The number of ether oxygens (including phenoxy) is 2. The molecule has 0 aliphatic carbocycles. The fourth-order valence-electron chi connectivity index (χ4n) is 2.55. The third-order valence-electron chi connectivity index (χ3n) is 4.07. The Hall–Kier alpha value is -3.57. The molecule has 0 radical (unpaired) electrons. The van der Waals surface area contributed by atoms with E-state index in [1.807, 2.05) is 0 Å². The summed E-state index contributed by atoms with van der Waals surface area (Å²) in [5.74, 6) is -0.480. The molecule has 0 heterocycles. The normalized spacial score (nSPS) is 10.7. The number of benzene rings is 3. The van der Waals surface area contributed by atoms with Crippen LogP contribution in [-0.4, -0.2) is 26.2 Å². The zero-order chi connectivity index (χ0) is 21.6. The number of rotatable bonds is 7. The second-order valence-corrected chi connectivity index (χ2v) is 7.92. The van der Waals surface area contributed by atoms with Gasteiger partial charge in [0.05, 0.1) is 30.7 Å². The molecule has 0 saturated carbocycles. The minimum atomic E-state index is -3.84. The predicted molar refractivity (Wildman–Crippen MR) is 111 cm³/mol. The topological polar surface area (TPSA) is 88.1 Å². The Bertz CT molecular complexity index is 995. The molecule has 8 heteroatoms. The molecule has 0 aliphatic rings. The van der Waals surface area contributed by atoms with E-state index in [9.17, 15) is 14.2 Å². The lowest BCUT2D eigenvalue weighted by Gasteiger charge is -2.20. The second kappa shape index (κ2) is 9.29. The van der Waals surface area contributed by atoms with Gasteiger partial charge in [0, 0.05) is 0 Å². The van der Waals surface area contributed by atoms with E-state index in [0.29, 0.717) is 16.4 Å². The molecule has 0 N–H and O–H groups in total. The molecule has 0 aliphatic heterocycles. The van der Waals surface area contributed by atoms with Gasteiger partial charge in [-0.2, -0.15) is 0 Å². The van der Waals surface area contributed by atoms with Gasteiger partial charge in [-0.15, -0.1) is 0 Å². The third-order valence-corrected chi connectivity index (χ3v) is 5.91. The van der Waals surface area contributed by atoms with Crippen molar-refractivity contribution >= 4 is 24.8 Å². The van der Waals surface area contributed by atoms with Crippen LogP contribution in [0.4, 0.5) is 0 Å². The molecule has 0 unspecified atom stereocenters. The van der Waals surface area contributed by atoms with Crippen molar-refractivity contribution in [1.29, 1.82) is 0 Å². The maximum absolute atomic E-state index is 13.7. The smallest absolute Gasteiger partial charge is 0.462 e. The van der Waals surface area contributed by atoms with Crippen molar-refractivity contribution in [3.63, 3.8) is 0 Å². The Labute approximate surface area is 173 Å². The van der Waals surface area contributed by atoms with Gasteiger partial charge in [-0.05, 0) is 60.7 Å². The average molecular weight is 426 g/mol. The SMILES string of the molecule is COC(=O)c1ccc(OP(=O)(Oc2ccc(C(=O)OC)cc2)c2ccccc2)cc1. The van der Waals surface area contributed by atoms with Gasteiger partial charge in [0.2, 0.25) is 0 Å². The summed E-state index contributed by atoms with van der Waals surface area (Å²) in [7, 11) is -1.26. The minimum Gasteiger partial charge on any atom is -0.465 e. The lowest BCUT2D eigenvalue weighted by molar-refractivity contribution is 0.0592. The predicted octanol–water partition coefficient (Wildman–Crippen LogP) is 4.24. The molecule has 30 heavy (non-hydrogen) atoms. The Morgan fingerprint density at radius 2 is 1.03 bits per heavy atom. The highest BCUT2D eigenvalue weighted by Gasteiger charge is 2.31. The number of hydrogen-bond donors (Lipinski definition) is 0. The van der Waals surface area contributed by atoms with Gasteiger partial charge in [0.1, 0.15) is 11.5 Å². The van der Waals surface area contributed by atoms with E-state index in [1.165, 1.54) is 62.8 Å². The summed E-state index contributed by atoms with van der Waals surface area (Å²) < 4.78 is 34.5. The van der Waals surface area contributed by atoms with E-state index in [1.54, 1.807) is 30.3 Å². The summed E-state index contributed by atoms with van der Waals surface area (Å²) in [6, 6.07) is 20.5. The van der Waals surface area contributed by atoms with Gasteiger partial charge in [-0.3, -0.25) is 0 Å². The van der Waals surface area contributed by atoms with Crippen LogP contribution in [0.1, 0.15) is 20.7 Å². The molecule has 0 aromatic heterocycles. The highest BCUT2D eigenvalue weighted by atomic mass is 31.2. The number of esters is 2. The van der Waals surface area contributed by atoms with Crippen molar-refractivity contribution in [1.82, 2.24) is 0 Å². The van der Waals surface area contributed by atoms with Crippen LogP contribution in [0.2, 0.25) is 0 Å². The Kier molecular flexibility index (Phi) is 6.54. The van der Waals surface area contributed by atoms with E-state index < -0.39 is 19.5 Å². The van der Waals surface area contributed by atoms with Gasteiger partial charge in [-0.25, -0.2) is 14.2 Å². The first kappa shape index (κ1) is 21.1. The van der Waals surface area contributed by atoms with Gasteiger partial charge in [0.15, 0.2) is 0 Å². The highest BCUT2D eigenvalue weighted by molar-refractivity contribution is 7.63. The molecule has 0 saturated heterocycles. The molecule has 0 bridgehead atoms. The minimum absolute atomic E-state index is 0.251. The van der Waals surface area contributed by atoms with Crippen LogP contribution in [0.15, 0.2) is 78.9 Å². The molecular formula is C22H19O7P. The fourth-order valence-corrected chi connectivity index (χ4v) is 4.14. The summed E-state index contributed by atoms with van der Waals surface area (Å²) in [5, 5.41) is 0.346. The van der Waals surface area contributed by atoms with Gasteiger partial charge >= 0.3 is 19.5 Å². The quantitative estimate of drug-likeness (QED) is 0.413. The van der Waals surface area contributed by atoms with Crippen LogP contribution in [0.5, 0.6) is 11.5 Å². The Morgan fingerprint density at radius 1 is 0.633 bits per heavy atom. The van der Waals surface area contributed by atoms with Crippen molar-refractivity contribution in [3.05, 3.63) is 90.0 Å². The van der Waals surface area contributed by atoms with Crippen LogP contribution in [0, 0.1) is 0 Å². The van der Waals surface area contributed by atoms with Crippen LogP contribution in [0.3, 0.4) is 0 Å². The molecule has 3 rings (SSSR count). The first-order valence-electron chi connectivity index (χ1n) is 8.87. The molecule has 0 atom stereocenters. The van der Waals surface area contributed by atoms with Gasteiger partial charge < -0.3 is 18.5 Å². The van der Waals surface area contributed by atoms with Crippen molar-refractivity contribution < 1.29 is 32.7 Å². The van der Waals surface area contributed by atoms with E-state index in [0.717, 1.165) is 0 Å². The van der Waals surface area contributed by atoms with Crippen molar-refractivity contribution in [2.45, 2.75) is 0 Å². The van der Waals surface area contributed by atoms with Gasteiger partial charge in [0.25, 0.3) is 0 Å². The van der Waals surface area contributed by atoms with E-state index in [-0.39, 0.29) is 11.5 Å².